The Labute approximate surface area is 188 Å². The molecule has 32 heavy (non-hydrogen) atoms. The third-order valence-corrected chi connectivity index (χ3v) is 9.96. The van der Waals surface area contributed by atoms with E-state index in [-0.39, 0.29) is 31.9 Å². The van der Waals surface area contributed by atoms with Gasteiger partial charge in [-0.15, -0.1) is 5.10 Å². The van der Waals surface area contributed by atoms with Crippen molar-refractivity contribution < 1.29 is 21.6 Å². The molecule has 0 radical (unpaired) electrons. The molecule has 0 spiro atoms. The highest BCUT2D eigenvalue weighted by Crippen LogP contribution is 2.30. The second-order valence-electron chi connectivity index (χ2n) is 8.20. The third-order valence-electron chi connectivity index (χ3n) is 5.70. The number of hydrogen-bond acceptors (Lipinski definition) is 7. The lowest BCUT2D eigenvalue weighted by Gasteiger charge is -2.34. The standard InChI is InChI=1S/C20H27N5O5S2/c1-5-14-6-8-15(9-7-14)17-21-19(24-23-17)22-18(26)20(2,3)32(29,30)16-10-12-25(13-11-16)31(4,27)28/h5-9,16H,1,10-13H2,2-4H3,(H2,21,22,23,24,26). The number of amides is 1. The maximum atomic E-state index is 13.2. The van der Waals surface area contributed by atoms with Crippen LogP contribution in [0.5, 0.6) is 0 Å². The first-order valence-corrected chi connectivity index (χ1v) is 13.4. The molecule has 2 heterocycles. The van der Waals surface area contributed by atoms with Crippen molar-refractivity contribution in [1.82, 2.24) is 19.5 Å². The summed E-state index contributed by atoms with van der Waals surface area (Å²) >= 11 is 0. The first kappa shape index (κ1) is 24.1. The van der Waals surface area contributed by atoms with Crippen LogP contribution in [0.3, 0.4) is 0 Å². The minimum absolute atomic E-state index is 0.0343. The molecule has 0 saturated carbocycles. The van der Waals surface area contributed by atoms with E-state index in [0.29, 0.717) is 5.82 Å². The molecule has 1 fully saturated rings. The molecule has 1 aromatic heterocycles. The average Bonchev–Trinajstić information content (AvgIpc) is 3.21. The molecule has 1 aromatic carbocycles. The Morgan fingerprint density at radius 2 is 1.78 bits per heavy atom. The number of anilines is 1. The van der Waals surface area contributed by atoms with Crippen LogP contribution in [-0.2, 0) is 24.7 Å². The maximum Gasteiger partial charge on any atom is 0.249 e. The van der Waals surface area contributed by atoms with E-state index in [0.717, 1.165) is 17.4 Å². The van der Waals surface area contributed by atoms with Crippen molar-refractivity contribution in [2.75, 3.05) is 24.7 Å². The topological polar surface area (TPSA) is 142 Å². The summed E-state index contributed by atoms with van der Waals surface area (Å²) in [6.07, 6.45) is 3.08. The van der Waals surface area contributed by atoms with E-state index in [1.165, 1.54) is 18.2 Å². The van der Waals surface area contributed by atoms with E-state index in [2.05, 4.69) is 27.1 Å². The quantitative estimate of drug-likeness (QED) is 0.612. The van der Waals surface area contributed by atoms with Gasteiger partial charge >= 0.3 is 0 Å². The Morgan fingerprint density at radius 3 is 2.31 bits per heavy atom. The minimum atomic E-state index is -3.91. The lowest BCUT2D eigenvalue weighted by molar-refractivity contribution is -0.117. The lowest BCUT2D eigenvalue weighted by Crippen LogP contribution is -2.52. The Kier molecular flexibility index (Phi) is 6.59. The molecule has 1 aliphatic rings. The van der Waals surface area contributed by atoms with Gasteiger partial charge < -0.3 is 0 Å². The van der Waals surface area contributed by atoms with Gasteiger partial charge in [-0.2, -0.15) is 4.98 Å². The van der Waals surface area contributed by atoms with Crippen LogP contribution in [-0.4, -0.2) is 71.6 Å². The Bertz CT molecular complexity index is 1210. The van der Waals surface area contributed by atoms with Gasteiger partial charge in [-0.25, -0.2) is 21.1 Å². The van der Waals surface area contributed by atoms with Crippen LogP contribution in [0.1, 0.15) is 32.3 Å². The number of nitrogens with one attached hydrogen (secondary N) is 2. The first-order valence-electron chi connectivity index (χ1n) is 10.0. The summed E-state index contributed by atoms with van der Waals surface area (Å²) in [5, 5.41) is 8.35. The molecule has 1 amide bonds. The van der Waals surface area contributed by atoms with E-state index < -0.39 is 35.8 Å². The largest absolute Gasteiger partial charge is 0.292 e. The van der Waals surface area contributed by atoms with Crippen molar-refractivity contribution in [1.29, 1.82) is 0 Å². The van der Waals surface area contributed by atoms with Crippen LogP contribution in [0.4, 0.5) is 5.95 Å². The van der Waals surface area contributed by atoms with Crippen molar-refractivity contribution in [3.8, 4) is 11.4 Å². The summed E-state index contributed by atoms with van der Waals surface area (Å²) in [6.45, 7) is 6.58. The van der Waals surface area contributed by atoms with E-state index in [9.17, 15) is 21.6 Å². The van der Waals surface area contributed by atoms with Crippen molar-refractivity contribution in [3.63, 3.8) is 0 Å². The number of piperidine rings is 1. The highest BCUT2D eigenvalue weighted by atomic mass is 32.2. The van der Waals surface area contributed by atoms with Gasteiger partial charge in [-0.3, -0.25) is 15.2 Å². The maximum absolute atomic E-state index is 13.2. The highest BCUT2D eigenvalue weighted by molar-refractivity contribution is 7.94. The fourth-order valence-electron chi connectivity index (χ4n) is 3.50. The van der Waals surface area contributed by atoms with Crippen LogP contribution in [0.2, 0.25) is 0 Å². The predicted molar refractivity (Wildman–Crippen MR) is 123 cm³/mol. The van der Waals surface area contributed by atoms with Crippen molar-refractivity contribution in [2.45, 2.75) is 36.7 Å². The van der Waals surface area contributed by atoms with Crippen molar-refractivity contribution >= 4 is 37.8 Å². The van der Waals surface area contributed by atoms with Gasteiger partial charge in [0.1, 0.15) is 4.75 Å². The van der Waals surface area contributed by atoms with Crippen LogP contribution >= 0.6 is 0 Å². The number of hydrogen-bond donors (Lipinski definition) is 2. The zero-order valence-corrected chi connectivity index (χ0v) is 19.8. The van der Waals surface area contributed by atoms with Gasteiger partial charge in [0.25, 0.3) is 0 Å². The van der Waals surface area contributed by atoms with Gasteiger partial charge in [0.2, 0.25) is 21.9 Å². The Balaban J connectivity index is 1.71. The number of carbonyl (C=O) groups is 1. The molecule has 174 valence electrons. The number of benzene rings is 1. The number of sulfonamides is 1. The fourth-order valence-corrected chi connectivity index (χ4v) is 6.34. The number of aromatic nitrogens is 3. The smallest absolute Gasteiger partial charge is 0.249 e. The van der Waals surface area contributed by atoms with E-state index in [1.54, 1.807) is 6.08 Å². The van der Waals surface area contributed by atoms with Gasteiger partial charge in [-0.1, -0.05) is 36.9 Å². The Hall–Kier alpha value is -2.57. The molecule has 0 unspecified atom stereocenters. The monoisotopic (exact) mass is 481 g/mol. The molecule has 1 aliphatic heterocycles. The van der Waals surface area contributed by atoms with Crippen molar-refractivity contribution in [3.05, 3.63) is 36.4 Å². The molecule has 0 bridgehead atoms. The Morgan fingerprint density at radius 1 is 1.19 bits per heavy atom. The molecular formula is C20H27N5O5S2. The summed E-state index contributed by atoms with van der Waals surface area (Å²) in [6, 6.07) is 7.35. The number of aromatic amines is 1. The molecule has 1 saturated heterocycles. The molecule has 3 rings (SSSR count). The first-order chi connectivity index (χ1) is 14.9. The second kappa shape index (κ2) is 8.75. The van der Waals surface area contributed by atoms with Gasteiger partial charge in [-0.05, 0) is 32.3 Å². The van der Waals surface area contributed by atoms with E-state index >= 15 is 0 Å². The van der Waals surface area contributed by atoms with Crippen LogP contribution in [0.25, 0.3) is 17.5 Å². The number of H-pyrrole nitrogens is 1. The summed E-state index contributed by atoms with van der Waals surface area (Å²) in [5.41, 5.74) is 1.68. The van der Waals surface area contributed by atoms with E-state index in [4.69, 9.17) is 0 Å². The van der Waals surface area contributed by atoms with E-state index in [1.807, 2.05) is 24.3 Å². The second-order valence-corrected chi connectivity index (χ2v) is 13.0. The normalized spacial score (nSPS) is 16.6. The van der Waals surface area contributed by atoms with Gasteiger partial charge in [0.15, 0.2) is 15.7 Å². The lowest BCUT2D eigenvalue weighted by atomic mass is 10.1. The fraction of sp³-hybridized carbons (Fsp3) is 0.450. The zero-order valence-electron chi connectivity index (χ0n) is 18.2. The number of nitrogens with zero attached hydrogens (tertiary/aromatic N) is 3. The minimum Gasteiger partial charge on any atom is -0.292 e. The average molecular weight is 482 g/mol. The van der Waals surface area contributed by atoms with Gasteiger partial charge in [0, 0.05) is 18.7 Å². The molecule has 12 heteroatoms. The molecule has 2 aromatic rings. The SMILES string of the molecule is C=Cc1ccc(-c2nc(NC(=O)C(C)(C)S(=O)(=O)C3CCN(S(C)(=O)=O)CC3)n[nH]2)cc1. The van der Waals surface area contributed by atoms with Crippen LogP contribution in [0.15, 0.2) is 30.8 Å². The molecular weight excluding hydrogens is 454 g/mol. The predicted octanol–water partition coefficient (Wildman–Crippen LogP) is 1.67. The van der Waals surface area contributed by atoms with Crippen molar-refractivity contribution in [2.24, 2.45) is 0 Å². The molecule has 0 aliphatic carbocycles. The zero-order chi connectivity index (χ0) is 23.7. The van der Waals surface area contributed by atoms with Crippen LogP contribution < -0.4 is 5.32 Å². The highest BCUT2D eigenvalue weighted by Gasteiger charge is 2.47. The molecule has 0 atom stereocenters. The summed E-state index contributed by atoms with van der Waals surface area (Å²) in [7, 11) is -7.29. The summed E-state index contributed by atoms with van der Waals surface area (Å²) < 4.78 is 49.3. The third kappa shape index (κ3) is 4.76. The number of rotatable bonds is 7. The van der Waals surface area contributed by atoms with Gasteiger partial charge in [0.05, 0.1) is 11.5 Å². The molecule has 2 N–H and O–H groups in total. The summed E-state index contributed by atoms with van der Waals surface area (Å²) in [4.78, 5) is 17.1. The number of carbonyl (C=O) groups excluding carboxylic acids is 1. The van der Waals surface area contributed by atoms with Crippen LogP contribution in [0, 0.1) is 0 Å². The number of sulfone groups is 1. The summed E-state index contributed by atoms with van der Waals surface area (Å²) in [5.74, 6) is -0.367. The molecule has 10 nitrogen and oxygen atoms in total.